The van der Waals surface area contributed by atoms with Gasteiger partial charge in [-0.3, -0.25) is 25.3 Å². The van der Waals surface area contributed by atoms with Gasteiger partial charge in [0.15, 0.2) is 17.8 Å². The van der Waals surface area contributed by atoms with Crippen LogP contribution in [0.15, 0.2) is 55.0 Å². The predicted molar refractivity (Wildman–Crippen MR) is 118 cm³/mol. The summed E-state index contributed by atoms with van der Waals surface area (Å²) in [5, 5.41) is 25.2. The van der Waals surface area contributed by atoms with Crippen molar-refractivity contribution in [3.05, 3.63) is 71.7 Å². The number of hydrogen-bond donors (Lipinski definition) is 2. The van der Waals surface area contributed by atoms with Crippen LogP contribution in [-0.4, -0.2) is 36.2 Å². The number of carbonyl (C=O) groups excluding carboxylic acids is 1. The zero-order valence-electron chi connectivity index (χ0n) is 17.7. The number of halogens is 1. The minimum atomic E-state index is -1.76. The summed E-state index contributed by atoms with van der Waals surface area (Å²) in [6.45, 7) is 3.75. The lowest BCUT2D eigenvalue weighted by atomic mass is 10.0. The number of nitrogens with one attached hydrogen (secondary N) is 2. The number of fused-ring (bicyclic) bond motifs is 1. The summed E-state index contributed by atoms with van der Waals surface area (Å²) in [4.78, 5) is 16.1. The summed E-state index contributed by atoms with van der Waals surface area (Å²) < 4.78 is 17.8. The zero-order valence-corrected chi connectivity index (χ0v) is 17.7. The second kappa shape index (κ2) is 8.62. The van der Waals surface area contributed by atoms with E-state index in [-0.39, 0.29) is 23.4 Å². The van der Waals surface area contributed by atoms with Crippen molar-refractivity contribution in [3.8, 4) is 11.1 Å². The lowest BCUT2D eigenvalue weighted by molar-refractivity contribution is -0.119. The van der Waals surface area contributed by atoms with Crippen LogP contribution >= 0.6 is 0 Å². The minimum absolute atomic E-state index is 0.0634. The fourth-order valence-electron chi connectivity index (χ4n) is 3.32. The first-order valence-corrected chi connectivity index (χ1v) is 10.1. The summed E-state index contributed by atoms with van der Waals surface area (Å²) in [7, 11) is 0. The molecule has 4 rings (SSSR count). The smallest absolute Gasteiger partial charge is 0.184 e. The first kappa shape index (κ1) is 21.2. The van der Waals surface area contributed by atoms with Gasteiger partial charge < -0.3 is 0 Å². The van der Waals surface area contributed by atoms with Gasteiger partial charge in [-0.2, -0.15) is 14.9 Å². The van der Waals surface area contributed by atoms with E-state index in [0.717, 1.165) is 15.8 Å². The number of carbonyl (C=O) groups is 1. The van der Waals surface area contributed by atoms with Crippen LogP contribution in [0.2, 0.25) is 0 Å². The molecule has 0 aliphatic heterocycles. The maximum Gasteiger partial charge on any atom is 0.184 e. The molecule has 1 unspecified atom stereocenters. The molecule has 0 radical (unpaired) electrons. The first-order valence-electron chi connectivity index (χ1n) is 10.1. The van der Waals surface area contributed by atoms with E-state index in [9.17, 15) is 4.79 Å². The van der Waals surface area contributed by atoms with E-state index in [1.807, 2.05) is 13.0 Å². The van der Waals surface area contributed by atoms with Gasteiger partial charge in [-0.05, 0) is 42.8 Å². The number of alkyl halides is 1. The van der Waals surface area contributed by atoms with Crippen molar-refractivity contribution in [1.82, 2.24) is 24.5 Å². The summed E-state index contributed by atoms with van der Waals surface area (Å²) in [5.74, 6) is -0.335. The van der Waals surface area contributed by atoms with Crippen LogP contribution in [0.25, 0.3) is 22.0 Å². The zero-order chi connectivity index (χ0) is 22.8. The molecule has 4 aromatic rings. The van der Waals surface area contributed by atoms with E-state index in [1.165, 1.54) is 6.07 Å². The number of ketones is 1. The predicted octanol–water partition coefficient (Wildman–Crippen LogP) is 3.60. The molecule has 0 spiro atoms. The third-order valence-electron chi connectivity index (χ3n) is 5.13. The quantitative estimate of drug-likeness (QED) is 0.359. The van der Waals surface area contributed by atoms with Crippen molar-refractivity contribution < 1.29 is 9.18 Å². The molecule has 0 bridgehead atoms. The third kappa shape index (κ3) is 4.22. The molecule has 0 fully saturated rings. The molecule has 8 nitrogen and oxygen atoms in total. The van der Waals surface area contributed by atoms with Crippen LogP contribution in [0.5, 0.6) is 0 Å². The number of hydrogen-bond acceptors (Lipinski definition) is 6. The Morgan fingerprint density at radius 2 is 1.97 bits per heavy atom. The van der Waals surface area contributed by atoms with Crippen molar-refractivity contribution in [3.63, 3.8) is 0 Å². The fourth-order valence-corrected chi connectivity index (χ4v) is 3.32. The molecule has 1 aromatic carbocycles. The maximum atomic E-state index is 15.2. The van der Waals surface area contributed by atoms with E-state index >= 15 is 4.39 Å². The van der Waals surface area contributed by atoms with Gasteiger partial charge in [0.25, 0.3) is 0 Å². The largest absolute Gasteiger partial charge is 0.298 e. The molecule has 0 aliphatic carbocycles. The highest BCUT2D eigenvalue weighted by molar-refractivity contribution is 5.89. The Bertz CT molecular complexity index is 1390. The summed E-state index contributed by atoms with van der Waals surface area (Å²) in [5.41, 5.74) is 3.08. The van der Waals surface area contributed by atoms with E-state index in [4.69, 9.17) is 10.8 Å². The lowest BCUT2D eigenvalue weighted by Gasteiger charge is -2.13. The van der Waals surface area contributed by atoms with Crippen LogP contribution in [0.1, 0.15) is 30.8 Å². The van der Waals surface area contributed by atoms with Crippen molar-refractivity contribution >= 4 is 22.5 Å². The third-order valence-corrected chi connectivity index (χ3v) is 5.13. The maximum absolute atomic E-state index is 15.2. The topological polar surface area (TPSA) is 113 Å². The van der Waals surface area contributed by atoms with Crippen molar-refractivity contribution in [2.45, 2.75) is 33.0 Å². The van der Waals surface area contributed by atoms with Gasteiger partial charge in [0, 0.05) is 35.3 Å². The molecule has 9 heteroatoms. The average Bonchev–Trinajstić information content (AvgIpc) is 3.27. The van der Waals surface area contributed by atoms with Crippen LogP contribution in [-0.2, 0) is 11.3 Å². The Balaban J connectivity index is 1.65. The van der Waals surface area contributed by atoms with Crippen LogP contribution in [0, 0.1) is 17.7 Å². The van der Waals surface area contributed by atoms with Gasteiger partial charge in [0.1, 0.15) is 5.49 Å². The second-order valence-corrected chi connectivity index (χ2v) is 7.51. The number of benzene rings is 1. The lowest BCUT2D eigenvalue weighted by Crippen LogP contribution is -2.31. The Hall–Kier alpha value is -4.01. The fraction of sp³-hybridized carbons (Fsp3) is 0.217. The molecule has 162 valence electrons. The molecule has 1 atom stereocenters. The van der Waals surface area contributed by atoms with Crippen LogP contribution in [0.4, 0.5) is 4.39 Å². The van der Waals surface area contributed by atoms with Crippen molar-refractivity contribution in [1.29, 1.82) is 10.8 Å². The SMILES string of the molecule is CCC(=O)Cn1cc(-c2cnc3ccc(C(F)C(=N)n4nc(C)ccc4=N)cc3c2)cn1. The standard InChI is InChI=1S/C23H22FN7O/c1-3-19(32)13-30-12-18(11-28-30)17-9-16-8-15(5-6-20(16)27-10-17)22(24)23(26)31-21(25)7-4-14(2)29-31/h4-12,22,25-26H,3,13H2,1-2H3. The highest BCUT2D eigenvalue weighted by atomic mass is 19.1. The number of Topliss-reactive ketones (excluding diaryl/α,β-unsaturated/α-hetero) is 1. The highest BCUT2D eigenvalue weighted by Gasteiger charge is 2.20. The molecule has 0 saturated carbocycles. The van der Waals surface area contributed by atoms with Gasteiger partial charge in [0.05, 0.1) is 24.0 Å². The van der Waals surface area contributed by atoms with Gasteiger partial charge in [-0.1, -0.05) is 13.0 Å². The second-order valence-electron chi connectivity index (χ2n) is 7.51. The summed E-state index contributed by atoms with van der Waals surface area (Å²) in [6.07, 6.45) is 3.85. The van der Waals surface area contributed by atoms with Gasteiger partial charge in [-0.25, -0.2) is 4.39 Å². The number of nitrogens with zero attached hydrogens (tertiary/aromatic N) is 5. The van der Waals surface area contributed by atoms with Crippen molar-refractivity contribution in [2.75, 3.05) is 0 Å². The molecule has 0 aliphatic rings. The molecule has 32 heavy (non-hydrogen) atoms. The molecule has 3 heterocycles. The molecule has 3 aromatic heterocycles. The van der Waals surface area contributed by atoms with Crippen LogP contribution < -0.4 is 5.49 Å². The number of aromatic nitrogens is 5. The van der Waals surface area contributed by atoms with Gasteiger partial charge in [0.2, 0.25) is 0 Å². The molecule has 0 amide bonds. The van der Waals surface area contributed by atoms with Gasteiger partial charge in [-0.15, -0.1) is 0 Å². The van der Waals surface area contributed by atoms with E-state index in [1.54, 1.807) is 54.5 Å². The van der Waals surface area contributed by atoms with E-state index < -0.39 is 12.0 Å². The summed E-state index contributed by atoms with van der Waals surface area (Å²) >= 11 is 0. The molecular weight excluding hydrogens is 409 g/mol. The Labute approximate surface area is 183 Å². The Morgan fingerprint density at radius 1 is 1.16 bits per heavy atom. The Morgan fingerprint density at radius 3 is 2.75 bits per heavy atom. The minimum Gasteiger partial charge on any atom is -0.298 e. The normalized spacial score (nSPS) is 12.1. The number of rotatable bonds is 6. The highest BCUT2D eigenvalue weighted by Crippen LogP contribution is 2.26. The molecular formula is C23H22FN7O. The van der Waals surface area contributed by atoms with E-state index in [2.05, 4.69) is 15.2 Å². The Kier molecular flexibility index (Phi) is 5.72. The van der Waals surface area contributed by atoms with Crippen LogP contribution in [0.3, 0.4) is 0 Å². The molecule has 2 N–H and O–H groups in total. The first-order chi connectivity index (χ1) is 15.4. The monoisotopic (exact) mass is 431 g/mol. The molecule has 0 saturated heterocycles. The number of aryl methyl sites for hydroxylation is 1. The van der Waals surface area contributed by atoms with E-state index in [0.29, 0.717) is 23.0 Å². The van der Waals surface area contributed by atoms with Crippen molar-refractivity contribution in [2.24, 2.45) is 0 Å². The average molecular weight is 431 g/mol. The number of pyridine rings is 1. The van der Waals surface area contributed by atoms with Gasteiger partial charge >= 0.3 is 0 Å². The summed E-state index contributed by atoms with van der Waals surface area (Å²) in [6, 6.07) is 9.93.